The van der Waals surface area contributed by atoms with Crippen LogP contribution in [0.4, 0.5) is 4.79 Å². The SMILES string of the molecule is C#CC#CC#CC#CC#CC#CC#CC#CC#CC#CC#COc1cc(COc2ccc3c(C)c(COC(=O)CCNC(=O)OCC4c5ccccc5-c5ccccc54)oc3c2)cc(OC#CC#CC#CC#CC#CC#CC#CC#CC#CC#CC#C)c1. The molecular formula is C79H31NO8. The summed E-state index contributed by atoms with van der Waals surface area (Å²) < 4.78 is 34.7. The lowest BCUT2D eigenvalue weighted by molar-refractivity contribution is -0.145. The Morgan fingerprint density at radius 2 is 0.875 bits per heavy atom. The first-order chi connectivity index (χ1) is 43.4. The predicted molar refractivity (Wildman–Crippen MR) is 334 cm³/mol. The van der Waals surface area contributed by atoms with Crippen LogP contribution in [-0.4, -0.2) is 25.2 Å². The number of fused-ring (bicyclic) bond motifs is 4. The molecule has 0 saturated carbocycles. The summed E-state index contributed by atoms with van der Waals surface area (Å²) in [5.74, 6) is 100. The molecule has 0 fully saturated rings. The first-order valence-corrected chi connectivity index (χ1v) is 25.2. The number of carbonyl (C=O) groups excluding carboxylic acids is 2. The lowest BCUT2D eigenvalue weighted by Gasteiger charge is -2.14. The lowest BCUT2D eigenvalue weighted by Crippen LogP contribution is -2.28. The van der Waals surface area contributed by atoms with Crippen LogP contribution in [0.2, 0.25) is 0 Å². The number of aryl methyl sites for hydroxylation is 1. The Morgan fingerprint density at radius 3 is 1.31 bits per heavy atom. The zero-order valence-electron chi connectivity index (χ0n) is 46.1. The van der Waals surface area contributed by atoms with Crippen LogP contribution in [-0.2, 0) is 27.5 Å². The highest BCUT2D eigenvalue weighted by Gasteiger charge is 2.29. The number of nitrogens with one attached hydrogen (secondary N) is 1. The number of benzene rings is 4. The van der Waals surface area contributed by atoms with E-state index in [0.29, 0.717) is 22.7 Å². The highest BCUT2D eigenvalue weighted by Crippen LogP contribution is 2.44. The molecular weight excluding hydrogens is 1090 g/mol. The van der Waals surface area contributed by atoms with Gasteiger partial charge in [0.25, 0.3) is 0 Å². The molecule has 0 atom stereocenters. The molecule has 5 aromatic rings. The summed E-state index contributed by atoms with van der Waals surface area (Å²) in [5.41, 5.74) is 6.36. The molecule has 0 spiro atoms. The van der Waals surface area contributed by atoms with Crippen molar-refractivity contribution in [1.82, 2.24) is 5.32 Å². The van der Waals surface area contributed by atoms with Gasteiger partial charge in [0.05, 0.1) is 6.42 Å². The highest BCUT2D eigenvalue weighted by molar-refractivity contribution is 5.83. The van der Waals surface area contributed by atoms with E-state index in [1.54, 1.807) is 30.3 Å². The van der Waals surface area contributed by atoms with Crippen LogP contribution >= 0.6 is 0 Å². The second kappa shape index (κ2) is 37.7. The average molecular weight is 1120 g/mol. The molecule has 6 rings (SSSR count). The maximum Gasteiger partial charge on any atom is 0.407 e. The summed E-state index contributed by atoms with van der Waals surface area (Å²) in [7, 11) is 0. The molecule has 0 bridgehead atoms. The van der Waals surface area contributed by atoms with E-state index in [-0.39, 0.29) is 50.2 Å². The minimum atomic E-state index is -0.626. The topological polar surface area (TPSA) is 105 Å². The molecule has 1 aromatic heterocycles. The van der Waals surface area contributed by atoms with Crippen molar-refractivity contribution in [2.24, 2.45) is 0 Å². The van der Waals surface area contributed by atoms with E-state index in [1.807, 2.05) is 49.4 Å². The van der Waals surface area contributed by atoms with Crippen molar-refractivity contribution in [1.29, 1.82) is 0 Å². The van der Waals surface area contributed by atoms with Crippen molar-refractivity contribution in [3.8, 4) is 290 Å². The third-order valence-corrected chi connectivity index (χ3v) is 10.5. The predicted octanol–water partition coefficient (Wildman–Crippen LogP) is 7.30. The number of alkyl carbamates (subject to hydrolysis) is 1. The van der Waals surface area contributed by atoms with Gasteiger partial charge in [0, 0.05) is 178 Å². The Kier molecular flexibility index (Phi) is 26.6. The Labute approximate surface area is 512 Å². The summed E-state index contributed by atoms with van der Waals surface area (Å²) >= 11 is 0. The number of hydrogen-bond acceptors (Lipinski definition) is 8. The van der Waals surface area contributed by atoms with Gasteiger partial charge in [0.2, 0.25) is 0 Å². The molecule has 0 saturated heterocycles. The number of esters is 1. The highest BCUT2D eigenvalue weighted by atomic mass is 16.6. The van der Waals surface area contributed by atoms with Crippen LogP contribution in [0.25, 0.3) is 22.1 Å². The summed E-state index contributed by atoms with van der Waals surface area (Å²) in [6, 6.07) is 26.4. The molecule has 9 nitrogen and oxygen atoms in total. The van der Waals surface area contributed by atoms with Gasteiger partial charge in [-0.2, -0.15) is 0 Å². The smallest absolute Gasteiger partial charge is 0.407 e. The van der Waals surface area contributed by atoms with Crippen LogP contribution < -0.4 is 19.5 Å². The fraction of sp³-hybridized carbons (Fsp3) is 0.0886. The van der Waals surface area contributed by atoms with E-state index >= 15 is 0 Å². The Morgan fingerprint density at radius 1 is 0.466 bits per heavy atom. The van der Waals surface area contributed by atoms with Gasteiger partial charge in [0.15, 0.2) is 0 Å². The molecule has 88 heavy (non-hydrogen) atoms. The maximum atomic E-state index is 12.7. The first-order valence-electron chi connectivity index (χ1n) is 25.2. The molecule has 9 heteroatoms. The quantitative estimate of drug-likeness (QED) is 0.103. The van der Waals surface area contributed by atoms with E-state index in [9.17, 15) is 9.59 Å². The van der Waals surface area contributed by atoms with E-state index < -0.39 is 12.1 Å². The molecule has 1 aliphatic carbocycles. The van der Waals surface area contributed by atoms with Crippen LogP contribution in [0.3, 0.4) is 0 Å². The van der Waals surface area contributed by atoms with E-state index in [4.69, 9.17) is 40.9 Å². The van der Waals surface area contributed by atoms with Crippen LogP contribution in [0.1, 0.15) is 40.4 Å². The van der Waals surface area contributed by atoms with Crippen LogP contribution in [0, 0.1) is 269 Å². The van der Waals surface area contributed by atoms with Gasteiger partial charge < -0.3 is 33.4 Å². The number of amides is 1. The van der Waals surface area contributed by atoms with Gasteiger partial charge in [0.1, 0.15) is 60.6 Å². The van der Waals surface area contributed by atoms with Gasteiger partial charge in [-0.1, -0.05) is 48.5 Å². The van der Waals surface area contributed by atoms with Crippen molar-refractivity contribution >= 4 is 23.0 Å². The van der Waals surface area contributed by atoms with E-state index in [2.05, 4.69) is 266 Å². The monoisotopic (exact) mass is 1120 g/mol. The molecule has 4 aromatic carbocycles. The normalized spacial score (nSPS) is 8.08. The van der Waals surface area contributed by atoms with Gasteiger partial charge in [-0.25, -0.2) is 4.79 Å². The molecule has 0 unspecified atom stereocenters. The third kappa shape index (κ3) is 22.9. The maximum absolute atomic E-state index is 12.7. The minimum absolute atomic E-state index is 0.0239. The number of terminal acetylenes is 2. The third-order valence-electron chi connectivity index (χ3n) is 10.5. The van der Waals surface area contributed by atoms with Gasteiger partial charge in [-0.05, 0) is 154 Å². The first kappa shape index (κ1) is 62.1. The van der Waals surface area contributed by atoms with E-state index in [1.165, 1.54) is 0 Å². The number of ether oxygens (including phenoxy) is 5. The van der Waals surface area contributed by atoms with Crippen molar-refractivity contribution in [2.45, 2.75) is 32.5 Å². The largest absolute Gasteiger partial charge is 0.489 e. The Bertz CT molecular complexity index is 4880. The standard InChI is InChI=1S/C79H31NO8/c1-4-6-8-10-12-14-16-18-20-22-24-26-28-30-32-34-36-38-40-46-56-83-68-58-66(59-69(60-68)84-57-47-41-39-37-35-33-31-29-27-25-23-21-19-17-15-13-11-9-7-5-2)62-85-67-52-53-70-65(3)77(88-76(70)61-67)64-86-78(81)54-55-80-79(82)87-63-75-73-50-44-42-48-71(73)72-49-43-45-51-74(72)75/h1-2,42-45,48-53,58-61,75H,54-55,62-64H2,3H3,(H,80,82). The van der Waals surface area contributed by atoms with Gasteiger partial charge in [-0.15, -0.1) is 12.8 Å². The number of rotatable bonds is 12. The van der Waals surface area contributed by atoms with Gasteiger partial charge >= 0.3 is 12.1 Å². The number of hydrogen-bond donors (Lipinski definition) is 1. The minimum Gasteiger partial charge on any atom is -0.489 e. The zero-order chi connectivity index (χ0) is 61.7. The number of furan rings is 1. The van der Waals surface area contributed by atoms with Crippen molar-refractivity contribution in [3.05, 3.63) is 113 Å². The molecule has 1 N–H and O–H groups in total. The molecule has 1 amide bonds. The zero-order valence-corrected chi connectivity index (χ0v) is 46.1. The van der Waals surface area contributed by atoms with Crippen molar-refractivity contribution < 1.29 is 37.7 Å². The fourth-order valence-corrected chi connectivity index (χ4v) is 6.97. The molecule has 1 heterocycles. The van der Waals surface area contributed by atoms with Gasteiger partial charge in [-0.3, -0.25) is 4.79 Å². The molecule has 400 valence electrons. The molecule has 0 radical (unpaired) electrons. The summed E-state index contributed by atoms with van der Waals surface area (Å²) in [6.07, 6.45) is 14.3. The molecule has 0 aliphatic heterocycles. The summed E-state index contributed by atoms with van der Waals surface area (Å²) in [5, 5.41) is 3.44. The Hall–Kier alpha value is -15.1. The fourth-order valence-electron chi connectivity index (χ4n) is 6.97. The van der Waals surface area contributed by atoms with E-state index in [0.717, 1.165) is 33.2 Å². The summed E-state index contributed by atoms with van der Waals surface area (Å²) in [4.78, 5) is 25.4. The second-order valence-corrected chi connectivity index (χ2v) is 16.0. The lowest BCUT2D eigenvalue weighted by atomic mass is 9.98. The van der Waals surface area contributed by atoms with Crippen molar-refractivity contribution in [3.63, 3.8) is 0 Å². The van der Waals surface area contributed by atoms with Crippen LogP contribution in [0.15, 0.2) is 89.3 Å². The number of carbonyl (C=O) groups is 2. The second-order valence-electron chi connectivity index (χ2n) is 16.0. The van der Waals surface area contributed by atoms with Crippen molar-refractivity contribution in [2.75, 3.05) is 13.2 Å². The Balaban J connectivity index is 1.03. The van der Waals surface area contributed by atoms with Crippen LogP contribution in [0.5, 0.6) is 17.2 Å². The summed E-state index contributed by atoms with van der Waals surface area (Å²) in [6.45, 7) is 1.96. The molecule has 1 aliphatic rings. The average Bonchev–Trinajstić information content (AvgIpc) is 3.32.